The fourth-order valence-electron chi connectivity index (χ4n) is 7.74. The largest absolute Gasteiger partial charge is 0.573 e. The molecule has 29 heteroatoms. The van der Waals surface area contributed by atoms with Crippen LogP contribution in [0.1, 0.15) is 26.3 Å². The summed E-state index contributed by atoms with van der Waals surface area (Å²) in [5.41, 5.74) is -0.194. The van der Waals surface area contributed by atoms with E-state index in [1.807, 2.05) is 38.0 Å². The smallest absolute Gasteiger partial charge is 0.496 e. The summed E-state index contributed by atoms with van der Waals surface area (Å²) in [4.78, 5) is 84.2. The van der Waals surface area contributed by atoms with Gasteiger partial charge in [0.2, 0.25) is 11.9 Å². The molecule has 432 valence electrons. The fourth-order valence-corrected chi connectivity index (χ4v) is 8.46. The van der Waals surface area contributed by atoms with E-state index in [4.69, 9.17) is 49.2 Å². The molecule has 0 aliphatic heterocycles. The van der Waals surface area contributed by atoms with Crippen molar-refractivity contribution in [2.75, 3.05) is 97.0 Å². The van der Waals surface area contributed by atoms with Crippen molar-refractivity contribution in [2.45, 2.75) is 12.5 Å². The Hall–Kier alpha value is -8.43. The number of carbonyl (C=O) groups excluding carboxylic acids is 2. The van der Waals surface area contributed by atoms with Crippen molar-refractivity contribution in [3.05, 3.63) is 150 Å². The van der Waals surface area contributed by atoms with Crippen molar-refractivity contribution < 1.29 is 55.1 Å². The van der Waals surface area contributed by atoms with Crippen LogP contribution in [0.15, 0.2) is 107 Å². The van der Waals surface area contributed by atoms with Crippen molar-refractivity contribution in [1.82, 2.24) is 39.2 Å². The van der Waals surface area contributed by atoms with Gasteiger partial charge in [-0.1, -0.05) is 46.9 Å². The van der Waals surface area contributed by atoms with Gasteiger partial charge in [-0.15, -0.1) is 22.6 Å². The summed E-state index contributed by atoms with van der Waals surface area (Å²) >= 11 is 18.8. The van der Waals surface area contributed by atoms with E-state index >= 15 is 0 Å². The van der Waals surface area contributed by atoms with E-state index in [9.17, 15) is 45.5 Å². The van der Waals surface area contributed by atoms with Gasteiger partial charge in [0.05, 0.1) is 44.4 Å². The number of aromatic nitrogens is 6. The molecule has 4 N–H and O–H groups in total. The molecule has 0 saturated heterocycles. The Kier molecular flexibility index (Phi) is 19.4. The second kappa shape index (κ2) is 26.0. The Balaban J connectivity index is 0.000000236. The number of anilines is 4. The first-order chi connectivity index (χ1) is 38.8. The van der Waals surface area contributed by atoms with Gasteiger partial charge in [-0.3, -0.25) is 19.2 Å². The molecule has 4 heterocycles. The van der Waals surface area contributed by atoms with Gasteiger partial charge in [0.25, 0.3) is 22.9 Å². The minimum Gasteiger partial charge on any atom is -0.496 e. The molecule has 4 aromatic heterocycles. The summed E-state index contributed by atoms with van der Waals surface area (Å²) in [6, 6.07) is 17.8. The second-order valence-electron chi connectivity index (χ2n) is 18.0. The average molecular weight is 1200 g/mol. The lowest BCUT2D eigenvalue weighted by Crippen LogP contribution is -2.27. The van der Waals surface area contributed by atoms with Crippen molar-refractivity contribution in [2.24, 2.45) is 0 Å². The van der Waals surface area contributed by atoms with Crippen LogP contribution in [0.3, 0.4) is 0 Å². The molecule has 20 nitrogen and oxygen atoms in total. The molecule has 0 aliphatic rings. The number of alkyl halides is 6. The van der Waals surface area contributed by atoms with Gasteiger partial charge in [-0.05, 0) is 101 Å². The number of pyridine rings is 2. The fraction of sp³-hybridized carbons (Fsp3) is 0.245. The minimum atomic E-state index is -4.98. The number of ether oxygens (including phenoxy) is 2. The summed E-state index contributed by atoms with van der Waals surface area (Å²) in [5, 5.41) is 12.3. The lowest BCUT2D eigenvalue weighted by molar-refractivity contribution is -0.274. The Morgan fingerprint density at radius 2 is 1.07 bits per heavy atom. The van der Waals surface area contributed by atoms with Crippen molar-refractivity contribution in [3.8, 4) is 33.8 Å². The Morgan fingerprint density at radius 1 is 0.585 bits per heavy atom. The predicted octanol–water partition coefficient (Wildman–Crippen LogP) is 9.37. The molecule has 82 heavy (non-hydrogen) atoms. The van der Waals surface area contributed by atoms with E-state index < -0.39 is 46.8 Å². The maximum atomic E-state index is 13.3. The molecule has 0 bridgehead atoms. The van der Waals surface area contributed by atoms with Gasteiger partial charge in [-0.25, -0.2) is 9.97 Å². The Labute approximate surface area is 477 Å². The summed E-state index contributed by atoms with van der Waals surface area (Å²) in [7, 11) is 11.6. The maximum Gasteiger partial charge on any atom is 0.573 e. The molecule has 4 aromatic carbocycles. The number of methoxy groups -OCH3 is 1. The van der Waals surface area contributed by atoms with Gasteiger partial charge < -0.3 is 50.2 Å². The molecule has 0 spiro atoms. The third-order valence-electron chi connectivity index (χ3n) is 11.7. The van der Waals surface area contributed by atoms with Crippen LogP contribution in [-0.4, -0.2) is 133 Å². The number of carbonyl (C=O) groups is 2. The number of amides is 2. The zero-order chi connectivity index (χ0) is 59.8. The van der Waals surface area contributed by atoms with E-state index in [0.717, 1.165) is 52.9 Å². The molecule has 0 aliphatic carbocycles. The summed E-state index contributed by atoms with van der Waals surface area (Å²) in [5.74, 6) is -1.75. The normalized spacial score (nSPS) is 11.5. The van der Waals surface area contributed by atoms with Gasteiger partial charge in [0.1, 0.15) is 25.7 Å². The van der Waals surface area contributed by atoms with Crippen molar-refractivity contribution in [1.29, 1.82) is 0 Å². The molecule has 0 unspecified atom stereocenters. The highest BCUT2D eigenvalue weighted by atomic mass is 35.5. The second-order valence-corrected chi connectivity index (χ2v) is 19.2. The molecule has 0 fully saturated rings. The van der Waals surface area contributed by atoms with Gasteiger partial charge in [0.15, 0.2) is 11.3 Å². The summed E-state index contributed by atoms with van der Waals surface area (Å²) in [6.07, 6.45) is -6.47. The van der Waals surface area contributed by atoms with Gasteiger partial charge >= 0.3 is 12.5 Å². The van der Waals surface area contributed by atoms with E-state index in [1.54, 1.807) is 24.5 Å². The molecular weight excluding hydrogens is 1150 g/mol. The third kappa shape index (κ3) is 14.9. The zero-order valence-corrected chi connectivity index (χ0v) is 46.6. The first-order valence-electron chi connectivity index (χ1n) is 24.0. The quantitative estimate of drug-likeness (QED) is 0.0588. The van der Waals surface area contributed by atoms with E-state index in [2.05, 4.69) is 45.9 Å². The van der Waals surface area contributed by atoms with Crippen LogP contribution in [0.2, 0.25) is 15.1 Å². The summed E-state index contributed by atoms with van der Waals surface area (Å²) in [6.45, 7) is 2.69. The van der Waals surface area contributed by atoms with Crippen LogP contribution in [0.4, 0.5) is 49.6 Å². The number of likely N-dealkylation sites (N-methyl/N-ethyl adjacent to an activating group) is 2. The molecule has 8 aromatic rings. The lowest BCUT2D eigenvalue weighted by atomic mass is 10.1. The zero-order valence-electron chi connectivity index (χ0n) is 44.3. The van der Waals surface area contributed by atoms with Gasteiger partial charge in [0, 0.05) is 77.4 Å². The number of hydrogen-bond acceptors (Lipinski definition) is 16. The number of rotatable bonds is 18. The number of fused-ring (bicyclic) bond motifs is 2. The number of hydrogen-bond donors (Lipinski definition) is 4. The number of nitrogens with one attached hydrogen (secondary N) is 4. The third-order valence-corrected chi connectivity index (χ3v) is 12.6. The minimum absolute atomic E-state index is 0.103. The van der Waals surface area contributed by atoms with Crippen LogP contribution in [0, 0.1) is 0 Å². The van der Waals surface area contributed by atoms with E-state index in [-0.39, 0.29) is 65.7 Å². The Bertz CT molecular complexity index is 3810. The van der Waals surface area contributed by atoms with Crippen molar-refractivity contribution >= 4 is 92.0 Å². The Morgan fingerprint density at radius 3 is 1.50 bits per heavy atom. The lowest BCUT2D eigenvalue weighted by Gasteiger charge is -2.14. The molecule has 2 amide bonds. The topological polar surface area (TPSA) is 221 Å². The van der Waals surface area contributed by atoms with Crippen LogP contribution in [0.5, 0.6) is 11.5 Å². The number of benzene rings is 4. The van der Waals surface area contributed by atoms with Crippen LogP contribution >= 0.6 is 34.8 Å². The van der Waals surface area contributed by atoms with Gasteiger partial charge in [-0.2, -0.15) is 23.1 Å². The van der Waals surface area contributed by atoms with Crippen LogP contribution in [0.25, 0.3) is 44.3 Å². The molecular formula is C53H49Cl3F6N12O8. The number of nitrogens with zero attached hydrogens (tertiary/aromatic N) is 8. The molecule has 0 saturated carbocycles. The highest BCUT2D eigenvalue weighted by molar-refractivity contribution is 6.34. The van der Waals surface area contributed by atoms with Crippen molar-refractivity contribution in [3.63, 3.8) is 0 Å². The standard InChI is InChI=1S/C27H26ClF3N6O4.C26H23Cl2F3N6O4/c1-36(2)10-9-32-26-33-14-15-11-20(25(39)37(41-4)23(15)35-26)18-8-6-17(13-21(18)28)34-24(38)19-7-5-16(27(29,30)31)12-22(19)40-3;1-36(2)9-8-32-25-33-13-15-10-18(24(39)37(40-3)22(15)35-25)17-6-5-16(12-20(17)28)34-23(38)14-4-7-19(27)21(11-14)41-26(29,30)31/h5-8,11-14H,9-10H2,1-4H3,(H,34,38)(H,32,33,35);4-7,10-13H,8-9H2,1-3H3,(H,34,38)(H,32,33,35). The van der Waals surface area contributed by atoms with E-state index in [0.29, 0.717) is 46.9 Å². The van der Waals surface area contributed by atoms with Crippen LogP contribution in [-0.2, 0) is 6.18 Å². The van der Waals surface area contributed by atoms with E-state index in [1.165, 1.54) is 63.8 Å². The molecule has 0 atom stereocenters. The first kappa shape index (κ1) is 61.2. The highest BCUT2D eigenvalue weighted by Gasteiger charge is 2.33. The number of halogens is 9. The highest BCUT2D eigenvalue weighted by Crippen LogP contribution is 2.36. The monoisotopic (exact) mass is 1200 g/mol. The van der Waals surface area contributed by atoms with Crippen LogP contribution < -0.4 is 51.5 Å². The average Bonchev–Trinajstić information content (AvgIpc) is 3.51. The molecule has 8 rings (SSSR count). The first-order valence-corrected chi connectivity index (χ1v) is 25.2. The predicted molar refractivity (Wildman–Crippen MR) is 300 cm³/mol. The summed E-state index contributed by atoms with van der Waals surface area (Å²) < 4.78 is 87.9. The maximum absolute atomic E-state index is 13.3. The molecule has 0 radical (unpaired) electrons. The SMILES string of the molecule is COc1cc(C(F)(F)F)ccc1C(=O)Nc1ccc(-c2cc3cnc(NCCN(C)C)nc3n(OC)c2=O)c(Cl)c1.COn1c(=O)c(-c2ccc(NC(=O)c3ccc(Cl)c(OC(F)(F)F)c3)cc2Cl)cc2cnc(NCCN(C)C)nc21.